The highest BCUT2D eigenvalue weighted by Crippen LogP contribution is 2.32. The van der Waals surface area contributed by atoms with Crippen LogP contribution in [0.4, 0.5) is 0 Å². The Morgan fingerprint density at radius 2 is 1.90 bits per heavy atom. The molecule has 0 aromatic heterocycles. The summed E-state index contributed by atoms with van der Waals surface area (Å²) in [4.78, 5) is 5.31. The van der Waals surface area contributed by atoms with E-state index in [0.29, 0.717) is 0 Å². The van der Waals surface area contributed by atoms with Crippen LogP contribution in [0, 0.1) is 0 Å². The molecule has 0 amide bonds. The van der Waals surface area contributed by atoms with Crippen LogP contribution in [0.15, 0.2) is 30.3 Å². The zero-order valence-corrected chi connectivity index (χ0v) is 12.4. The number of rotatable bonds is 6. The van der Waals surface area contributed by atoms with E-state index in [1.807, 2.05) is 0 Å². The largest absolute Gasteiger partial charge is 0.329 e. The fraction of sp³-hybridized carbons (Fsp3) is 0.647. The summed E-state index contributed by atoms with van der Waals surface area (Å²) in [7, 11) is 0. The lowest BCUT2D eigenvalue weighted by molar-refractivity contribution is 0.0872. The average Bonchev–Trinajstić information content (AvgIpc) is 3.31. The molecule has 1 aromatic carbocycles. The molecule has 1 aliphatic carbocycles. The van der Waals surface area contributed by atoms with Gasteiger partial charge >= 0.3 is 0 Å². The minimum Gasteiger partial charge on any atom is -0.329 e. The number of nitrogens with zero attached hydrogens (tertiary/aromatic N) is 2. The van der Waals surface area contributed by atoms with Crippen molar-refractivity contribution in [1.82, 2.24) is 9.80 Å². The minimum absolute atomic E-state index is 0.725. The highest BCUT2D eigenvalue weighted by molar-refractivity contribution is 5.15. The van der Waals surface area contributed by atoms with Gasteiger partial charge in [0.1, 0.15) is 0 Å². The number of benzene rings is 1. The van der Waals surface area contributed by atoms with E-state index in [1.54, 1.807) is 0 Å². The number of nitrogens with two attached hydrogens (primary N) is 1. The maximum Gasteiger partial charge on any atom is 0.0240 e. The zero-order chi connectivity index (χ0) is 13.8. The molecule has 110 valence electrons. The molecule has 0 radical (unpaired) electrons. The van der Waals surface area contributed by atoms with Crippen LogP contribution < -0.4 is 5.73 Å². The summed E-state index contributed by atoms with van der Waals surface area (Å²) in [5.41, 5.74) is 7.18. The van der Waals surface area contributed by atoms with Crippen molar-refractivity contribution in [2.75, 3.05) is 26.2 Å². The SMILES string of the molecule is NCCN1CCCC(N(Cc2ccccc2)C2CC2)C1. The number of likely N-dealkylation sites (tertiary alicyclic amines) is 1. The van der Waals surface area contributed by atoms with Crippen molar-refractivity contribution in [2.45, 2.75) is 44.3 Å². The van der Waals surface area contributed by atoms with Crippen molar-refractivity contribution >= 4 is 0 Å². The topological polar surface area (TPSA) is 32.5 Å². The predicted octanol–water partition coefficient (Wildman–Crippen LogP) is 2.07. The van der Waals surface area contributed by atoms with Crippen LogP contribution in [0.2, 0.25) is 0 Å². The summed E-state index contributed by atoms with van der Waals surface area (Å²) in [6.45, 7) is 5.40. The molecule has 3 rings (SSSR count). The van der Waals surface area contributed by atoms with E-state index in [4.69, 9.17) is 5.73 Å². The van der Waals surface area contributed by atoms with Crippen LogP contribution >= 0.6 is 0 Å². The molecule has 3 nitrogen and oxygen atoms in total. The van der Waals surface area contributed by atoms with Crippen LogP contribution in [0.25, 0.3) is 0 Å². The van der Waals surface area contributed by atoms with E-state index in [9.17, 15) is 0 Å². The standard InChI is InChI=1S/C17H27N3/c18-10-12-19-11-4-7-17(14-19)20(16-8-9-16)13-15-5-2-1-3-6-15/h1-3,5-6,16-17H,4,7-14,18H2. The van der Waals surface area contributed by atoms with Gasteiger partial charge in [-0.05, 0) is 37.8 Å². The Morgan fingerprint density at radius 3 is 2.60 bits per heavy atom. The van der Waals surface area contributed by atoms with E-state index in [1.165, 1.54) is 44.3 Å². The molecule has 0 spiro atoms. The van der Waals surface area contributed by atoms with E-state index < -0.39 is 0 Å². The Bertz CT molecular complexity index is 400. The number of piperidine rings is 1. The molecule has 20 heavy (non-hydrogen) atoms. The second-order valence-electron chi connectivity index (χ2n) is 6.27. The van der Waals surface area contributed by atoms with E-state index in [0.717, 1.165) is 31.7 Å². The molecule has 1 heterocycles. The van der Waals surface area contributed by atoms with Gasteiger partial charge in [0.2, 0.25) is 0 Å². The average molecular weight is 273 g/mol. The normalized spacial score (nSPS) is 24.2. The lowest BCUT2D eigenvalue weighted by Gasteiger charge is -2.39. The van der Waals surface area contributed by atoms with Crippen molar-refractivity contribution in [1.29, 1.82) is 0 Å². The summed E-state index contributed by atoms with van der Waals surface area (Å²) < 4.78 is 0. The summed E-state index contributed by atoms with van der Waals surface area (Å²) >= 11 is 0. The van der Waals surface area contributed by atoms with Gasteiger partial charge in [-0.3, -0.25) is 4.90 Å². The smallest absolute Gasteiger partial charge is 0.0240 e. The first-order valence-corrected chi connectivity index (χ1v) is 8.09. The number of hydrogen-bond donors (Lipinski definition) is 1. The molecule has 3 heteroatoms. The van der Waals surface area contributed by atoms with E-state index in [2.05, 4.69) is 40.1 Å². The molecular weight excluding hydrogens is 246 g/mol. The maximum atomic E-state index is 5.72. The van der Waals surface area contributed by atoms with Crippen LogP contribution in [0.5, 0.6) is 0 Å². The van der Waals surface area contributed by atoms with Gasteiger partial charge in [0.25, 0.3) is 0 Å². The first kappa shape index (κ1) is 14.1. The van der Waals surface area contributed by atoms with E-state index >= 15 is 0 Å². The second kappa shape index (κ2) is 6.70. The molecular formula is C17H27N3. The molecule has 2 aliphatic rings. The molecule has 1 aromatic rings. The van der Waals surface area contributed by atoms with Gasteiger partial charge in [-0.25, -0.2) is 0 Å². The predicted molar refractivity (Wildman–Crippen MR) is 83.5 cm³/mol. The molecule has 2 N–H and O–H groups in total. The zero-order valence-electron chi connectivity index (χ0n) is 12.4. The fourth-order valence-corrected chi connectivity index (χ4v) is 3.44. The highest BCUT2D eigenvalue weighted by atomic mass is 15.3. The summed E-state index contributed by atoms with van der Waals surface area (Å²) in [6, 6.07) is 12.5. The van der Waals surface area contributed by atoms with Gasteiger partial charge in [-0.15, -0.1) is 0 Å². The Labute approximate surface area is 122 Å². The van der Waals surface area contributed by atoms with Gasteiger partial charge in [0.05, 0.1) is 0 Å². The lowest BCUT2D eigenvalue weighted by atomic mass is 10.0. The Morgan fingerprint density at radius 1 is 1.10 bits per heavy atom. The molecule has 0 bridgehead atoms. The third kappa shape index (κ3) is 3.60. The van der Waals surface area contributed by atoms with Crippen LogP contribution in [-0.2, 0) is 6.54 Å². The summed E-state index contributed by atoms with van der Waals surface area (Å²) in [5.74, 6) is 0. The van der Waals surface area contributed by atoms with Gasteiger partial charge in [0, 0.05) is 38.3 Å². The van der Waals surface area contributed by atoms with Gasteiger partial charge in [-0.1, -0.05) is 30.3 Å². The van der Waals surface area contributed by atoms with E-state index in [-0.39, 0.29) is 0 Å². The fourth-order valence-electron chi connectivity index (χ4n) is 3.44. The van der Waals surface area contributed by atoms with Crippen molar-refractivity contribution < 1.29 is 0 Å². The molecule has 1 saturated heterocycles. The van der Waals surface area contributed by atoms with Gasteiger partial charge in [0.15, 0.2) is 0 Å². The van der Waals surface area contributed by atoms with Crippen molar-refractivity contribution in [3.8, 4) is 0 Å². The number of hydrogen-bond acceptors (Lipinski definition) is 3. The molecule has 1 saturated carbocycles. The molecule has 2 fully saturated rings. The Balaban J connectivity index is 1.64. The van der Waals surface area contributed by atoms with Crippen molar-refractivity contribution in [3.05, 3.63) is 35.9 Å². The highest BCUT2D eigenvalue weighted by Gasteiger charge is 2.35. The molecule has 1 aliphatic heterocycles. The third-order valence-corrected chi connectivity index (χ3v) is 4.62. The van der Waals surface area contributed by atoms with Gasteiger partial charge in [-0.2, -0.15) is 0 Å². The van der Waals surface area contributed by atoms with Crippen LogP contribution in [0.1, 0.15) is 31.2 Å². The van der Waals surface area contributed by atoms with Crippen molar-refractivity contribution in [3.63, 3.8) is 0 Å². The van der Waals surface area contributed by atoms with Gasteiger partial charge < -0.3 is 10.6 Å². The molecule has 1 unspecified atom stereocenters. The summed E-state index contributed by atoms with van der Waals surface area (Å²) in [6.07, 6.45) is 5.45. The van der Waals surface area contributed by atoms with Crippen molar-refractivity contribution in [2.24, 2.45) is 5.73 Å². The molecule has 1 atom stereocenters. The second-order valence-corrected chi connectivity index (χ2v) is 6.27. The maximum absolute atomic E-state index is 5.72. The quantitative estimate of drug-likeness (QED) is 0.861. The summed E-state index contributed by atoms with van der Waals surface area (Å²) in [5, 5.41) is 0. The van der Waals surface area contributed by atoms with Crippen LogP contribution in [-0.4, -0.2) is 48.1 Å². The minimum atomic E-state index is 0.725. The first-order chi connectivity index (χ1) is 9.86. The Hall–Kier alpha value is -0.900. The Kier molecular flexibility index (Phi) is 4.71. The lowest BCUT2D eigenvalue weighted by Crippen LogP contribution is -2.49. The van der Waals surface area contributed by atoms with Crippen LogP contribution in [0.3, 0.4) is 0 Å². The first-order valence-electron chi connectivity index (χ1n) is 8.09. The third-order valence-electron chi connectivity index (χ3n) is 4.62. The monoisotopic (exact) mass is 273 g/mol.